The second kappa shape index (κ2) is 5.34. The Morgan fingerprint density at radius 2 is 2.00 bits per heavy atom. The highest BCUT2D eigenvalue weighted by atomic mass is 14.2. The molecule has 1 aliphatic carbocycles. The predicted octanol–water partition coefficient (Wildman–Crippen LogP) is 4.64. The molecule has 0 heteroatoms. The van der Waals surface area contributed by atoms with Crippen molar-refractivity contribution in [2.24, 2.45) is 0 Å². The quantitative estimate of drug-likeness (QED) is 0.641. The van der Waals surface area contributed by atoms with Crippen LogP contribution < -0.4 is 0 Å². The molecule has 0 aliphatic heterocycles. The number of allylic oxidation sites excluding steroid dienone is 1. The molecule has 0 saturated heterocycles. The molecule has 86 valence electrons. The summed E-state index contributed by atoms with van der Waals surface area (Å²) in [5, 5.41) is 0. The molecule has 0 nitrogen and oxygen atoms in total. The molecule has 16 heavy (non-hydrogen) atoms. The summed E-state index contributed by atoms with van der Waals surface area (Å²) in [6, 6.07) is 7.14. The van der Waals surface area contributed by atoms with E-state index in [-0.39, 0.29) is 0 Å². The monoisotopic (exact) mass is 214 g/mol. The van der Waals surface area contributed by atoms with Crippen LogP contribution in [0, 0.1) is 0 Å². The molecule has 0 spiro atoms. The smallest absolute Gasteiger partial charge is 0.0130 e. The van der Waals surface area contributed by atoms with E-state index in [1.165, 1.54) is 37.7 Å². The van der Waals surface area contributed by atoms with Crippen molar-refractivity contribution < 1.29 is 0 Å². The lowest BCUT2D eigenvalue weighted by atomic mass is 9.86. The van der Waals surface area contributed by atoms with Gasteiger partial charge in [0.15, 0.2) is 0 Å². The van der Waals surface area contributed by atoms with Crippen LogP contribution in [0.2, 0.25) is 0 Å². The molecule has 1 unspecified atom stereocenters. The van der Waals surface area contributed by atoms with Gasteiger partial charge in [0.2, 0.25) is 0 Å². The Morgan fingerprint density at radius 3 is 2.69 bits per heavy atom. The van der Waals surface area contributed by atoms with Crippen molar-refractivity contribution in [1.29, 1.82) is 0 Å². The average molecular weight is 214 g/mol. The summed E-state index contributed by atoms with van der Waals surface area (Å²) in [7, 11) is 0. The summed E-state index contributed by atoms with van der Waals surface area (Å²) < 4.78 is 0. The van der Waals surface area contributed by atoms with E-state index in [2.05, 4.69) is 31.7 Å². The number of benzene rings is 1. The second-order valence-corrected chi connectivity index (χ2v) is 4.86. The molecule has 0 N–H and O–H groups in total. The van der Waals surface area contributed by atoms with Crippen LogP contribution in [0.3, 0.4) is 0 Å². The zero-order chi connectivity index (χ0) is 11.4. The molecular weight excluding hydrogens is 192 g/mol. The van der Waals surface area contributed by atoms with Crippen molar-refractivity contribution in [3.63, 3.8) is 0 Å². The number of hydrogen-bond acceptors (Lipinski definition) is 0. The standard InChI is InChI=1S/C16H22/c1-3-7-13(4-2)16-11-10-14-8-5-6-9-15(14)12-16/h3,10-13H,1,4-9H2,2H3. The van der Waals surface area contributed by atoms with Crippen LogP contribution in [-0.2, 0) is 12.8 Å². The molecule has 1 aromatic carbocycles. The molecule has 0 bridgehead atoms. The summed E-state index contributed by atoms with van der Waals surface area (Å²) >= 11 is 0. The third-order valence-corrected chi connectivity index (χ3v) is 3.79. The lowest BCUT2D eigenvalue weighted by Crippen LogP contribution is -2.05. The first-order chi connectivity index (χ1) is 7.85. The maximum Gasteiger partial charge on any atom is -0.0130 e. The molecule has 0 fully saturated rings. The number of rotatable bonds is 4. The zero-order valence-electron chi connectivity index (χ0n) is 10.3. The van der Waals surface area contributed by atoms with Crippen LogP contribution >= 0.6 is 0 Å². The predicted molar refractivity (Wildman–Crippen MR) is 70.9 cm³/mol. The minimum Gasteiger partial charge on any atom is -0.103 e. The van der Waals surface area contributed by atoms with Gasteiger partial charge >= 0.3 is 0 Å². The van der Waals surface area contributed by atoms with Gasteiger partial charge in [0.25, 0.3) is 0 Å². The lowest BCUT2D eigenvalue weighted by Gasteiger charge is -2.20. The summed E-state index contributed by atoms with van der Waals surface area (Å²) in [4.78, 5) is 0. The van der Waals surface area contributed by atoms with E-state index in [4.69, 9.17) is 0 Å². The number of fused-ring (bicyclic) bond motifs is 1. The topological polar surface area (TPSA) is 0 Å². The molecule has 2 rings (SSSR count). The Morgan fingerprint density at radius 1 is 1.25 bits per heavy atom. The van der Waals surface area contributed by atoms with Crippen LogP contribution in [0.25, 0.3) is 0 Å². The first kappa shape index (κ1) is 11.4. The van der Waals surface area contributed by atoms with Gasteiger partial charge in [-0.25, -0.2) is 0 Å². The minimum absolute atomic E-state index is 0.671. The Hall–Kier alpha value is -1.04. The van der Waals surface area contributed by atoms with Crippen molar-refractivity contribution in [1.82, 2.24) is 0 Å². The van der Waals surface area contributed by atoms with Crippen LogP contribution in [0.4, 0.5) is 0 Å². The molecule has 0 aromatic heterocycles. The molecule has 0 radical (unpaired) electrons. The van der Waals surface area contributed by atoms with E-state index in [0.717, 1.165) is 6.42 Å². The highest BCUT2D eigenvalue weighted by Gasteiger charge is 2.13. The van der Waals surface area contributed by atoms with Gasteiger partial charge in [-0.05, 0) is 61.1 Å². The Balaban J connectivity index is 2.24. The number of hydrogen-bond donors (Lipinski definition) is 0. The SMILES string of the molecule is C=CCC(CC)c1ccc2c(c1)CCCC2. The fraction of sp³-hybridized carbons (Fsp3) is 0.500. The third kappa shape index (κ3) is 2.37. The van der Waals surface area contributed by atoms with Gasteiger partial charge in [-0.1, -0.05) is 31.2 Å². The minimum atomic E-state index is 0.671. The van der Waals surface area contributed by atoms with Crippen molar-refractivity contribution >= 4 is 0 Å². The van der Waals surface area contributed by atoms with Gasteiger partial charge in [0.05, 0.1) is 0 Å². The van der Waals surface area contributed by atoms with Crippen molar-refractivity contribution in [3.05, 3.63) is 47.5 Å². The highest BCUT2D eigenvalue weighted by Crippen LogP contribution is 2.28. The van der Waals surface area contributed by atoms with E-state index >= 15 is 0 Å². The van der Waals surface area contributed by atoms with E-state index in [1.807, 2.05) is 6.08 Å². The van der Waals surface area contributed by atoms with Gasteiger partial charge in [0, 0.05) is 0 Å². The number of aryl methyl sites for hydroxylation is 2. The van der Waals surface area contributed by atoms with Crippen molar-refractivity contribution in [2.75, 3.05) is 0 Å². The Labute approximate surface area is 99.4 Å². The maximum absolute atomic E-state index is 3.86. The largest absolute Gasteiger partial charge is 0.103 e. The first-order valence-corrected chi connectivity index (χ1v) is 6.57. The van der Waals surface area contributed by atoms with Crippen LogP contribution in [0.1, 0.15) is 55.2 Å². The molecule has 1 aliphatic rings. The van der Waals surface area contributed by atoms with Gasteiger partial charge < -0.3 is 0 Å². The zero-order valence-corrected chi connectivity index (χ0v) is 10.3. The van der Waals surface area contributed by atoms with Crippen LogP contribution in [-0.4, -0.2) is 0 Å². The summed E-state index contributed by atoms with van der Waals surface area (Å²) in [5.41, 5.74) is 4.71. The summed E-state index contributed by atoms with van der Waals surface area (Å²) in [5.74, 6) is 0.671. The van der Waals surface area contributed by atoms with Crippen LogP contribution in [0.15, 0.2) is 30.9 Å². The Kier molecular flexibility index (Phi) is 3.82. The molecule has 0 amide bonds. The Bertz CT molecular complexity index is 362. The fourth-order valence-corrected chi connectivity index (χ4v) is 2.75. The average Bonchev–Trinajstić information content (AvgIpc) is 2.35. The first-order valence-electron chi connectivity index (χ1n) is 6.57. The fourth-order valence-electron chi connectivity index (χ4n) is 2.75. The normalized spacial score (nSPS) is 16.6. The summed E-state index contributed by atoms with van der Waals surface area (Å²) in [6.45, 7) is 6.13. The lowest BCUT2D eigenvalue weighted by molar-refractivity contribution is 0.659. The van der Waals surface area contributed by atoms with E-state index in [9.17, 15) is 0 Å². The molecular formula is C16H22. The van der Waals surface area contributed by atoms with Crippen LogP contribution in [0.5, 0.6) is 0 Å². The highest BCUT2D eigenvalue weighted by molar-refractivity contribution is 5.35. The third-order valence-electron chi connectivity index (χ3n) is 3.79. The molecule has 0 heterocycles. The van der Waals surface area contributed by atoms with E-state index < -0.39 is 0 Å². The van der Waals surface area contributed by atoms with Gasteiger partial charge in [0.1, 0.15) is 0 Å². The second-order valence-electron chi connectivity index (χ2n) is 4.86. The van der Waals surface area contributed by atoms with Gasteiger partial charge in [-0.3, -0.25) is 0 Å². The van der Waals surface area contributed by atoms with Gasteiger partial charge in [-0.15, -0.1) is 6.58 Å². The van der Waals surface area contributed by atoms with E-state index in [0.29, 0.717) is 5.92 Å². The summed E-state index contributed by atoms with van der Waals surface area (Å²) in [6.07, 6.45) is 9.68. The molecule has 0 saturated carbocycles. The van der Waals surface area contributed by atoms with Crippen molar-refractivity contribution in [2.45, 2.75) is 51.4 Å². The molecule has 1 atom stereocenters. The van der Waals surface area contributed by atoms with E-state index in [1.54, 1.807) is 11.1 Å². The van der Waals surface area contributed by atoms with Crippen molar-refractivity contribution in [3.8, 4) is 0 Å². The van der Waals surface area contributed by atoms with Gasteiger partial charge in [-0.2, -0.15) is 0 Å². The molecule has 1 aromatic rings. The maximum atomic E-state index is 3.86.